The fourth-order valence-corrected chi connectivity index (χ4v) is 0.821. The van der Waals surface area contributed by atoms with Crippen LogP contribution in [0.3, 0.4) is 0 Å². The Bertz CT molecular complexity index is 594. The fraction of sp³-hybridized carbons (Fsp3) is 0.500. The Labute approximate surface area is 95.4 Å². The maximum Gasteiger partial charge on any atom is 0.0648 e. The van der Waals surface area contributed by atoms with Crippen LogP contribution in [0.5, 0.6) is 0 Å². The molecule has 1 aromatic carbocycles. The summed E-state index contributed by atoms with van der Waals surface area (Å²) in [4.78, 5) is 0.0391. The zero-order valence-electron chi connectivity index (χ0n) is 17.9. The molecule has 0 N–H and O–H groups in total. The molecule has 0 atom stereocenters. The molecule has 0 amide bonds. The predicted octanol–water partition coefficient (Wildman–Crippen LogP) is 3.05. The molecule has 0 fully saturated rings. The molecule has 1 heteroatoms. The molecule has 0 saturated heterocycles. The van der Waals surface area contributed by atoms with Crippen molar-refractivity contribution in [3.63, 3.8) is 0 Å². The second kappa shape index (κ2) is 3.41. The maximum absolute atomic E-state index is 8.21. The van der Waals surface area contributed by atoms with Crippen molar-refractivity contribution in [2.45, 2.75) is 26.2 Å². The van der Waals surface area contributed by atoms with Crippen LogP contribution in [-0.2, 0) is 5.41 Å². The molecule has 0 aliphatic heterocycles. The largest absolute Gasteiger partial charge is 0.378 e. The number of hydrogen-bond donors (Lipinski definition) is 0. The Hall–Kier alpha value is -0.980. The molecule has 0 saturated carbocycles. The van der Waals surface area contributed by atoms with E-state index in [0.717, 1.165) is 0 Å². The van der Waals surface area contributed by atoms with Crippen molar-refractivity contribution in [3.05, 3.63) is 29.7 Å². The minimum absolute atomic E-state index is 0.0343. The summed E-state index contributed by atoms with van der Waals surface area (Å²) >= 11 is 0. The van der Waals surface area contributed by atoms with Crippen LogP contribution in [0.2, 0.25) is 0 Å². The topological polar surface area (TPSA) is 3.24 Å². The molecule has 0 spiro atoms. The second-order valence-corrected chi connectivity index (χ2v) is 3.81. The highest BCUT2D eigenvalue weighted by Gasteiger charge is 2.13. The molecule has 0 bridgehead atoms. The van der Waals surface area contributed by atoms with Gasteiger partial charge in [0.15, 0.2) is 0 Å². The average molecular weight is 187 g/mol. The summed E-state index contributed by atoms with van der Waals surface area (Å²) < 4.78 is 76.6. The summed E-state index contributed by atoms with van der Waals surface area (Å²) in [5, 5.41) is 0. The summed E-state index contributed by atoms with van der Waals surface area (Å²) in [5.74, 6) is 0. The van der Waals surface area contributed by atoms with Crippen LogP contribution in [0.25, 0.3) is 0 Å². The minimum Gasteiger partial charge on any atom is -0.378 e. The van der Waals surface area contributed by atoms with E-state index in [0.29, 0.717) is 0 Å². The van der Waals surface area contributed by atoms with Crippen LogP contribution in [-0.4, -0.2) is 14.0 Å². The molecule has 1 rings (SSSR count). The highest BCUT2D eigenvalue weighted by molar-refractivity contribution is 5.48. The minimum atomic E-state index is -3.12. The van der Waals surface area contributed by atoms with E-state index in [1.54, 1.807) is 20.8 Å². The quantitative estimate of drug-likeness (QED) is 0.653. The fourth-order valence-electron chi connectivity index (χ4n) is 0.821. The third-order valence-corrected chi connectivity index (χ3v) is 1.59. The maximum atomic E-state index is 8.21. The zero-order valence-corrected chi connectivity index (χ0v) is 7.95. The molecule has 1 aromatic rings. The molecular formula is C12H19N. The van der Waals surface area contributed by atoms with Gasteiger partial charge in [0.1, 0.15) is 0 Å². The molecule has 72 valence electrons. The van der Waals surface area contributed by atoms with Gasteiger partial charge in [0, 0.05) is 27.9 Å². The van der Waals surface area contributed by atoms with E-state index < -0.39 is 43.2 Å². The van der Waals surface area contributed by atoms with E-state index in [4.69, 9.17) is 13.7 Å². The normalized spacial score (nSPS) is 24.5. The third kappa shape index (κ3) is 2.48. The molecule has 0 aliphatic rings. The van der Waals surface area contributed by atoms with Gasteiger partial charge in [0.25, 0.3) is 0 Å². The van der Waals surface area contributed by atoms with Gasteiger partial charge in [-0.25, -0.2) is 0 Å². The Balaban J connectivity index is 3.95. The molecule has 0 aromatic heterocycles. The van der Waals surface area contributed by atoms with Crippen LogP contribution in [0.4, 0.5) is 5.69 Å². The molecular weight excluding hydrogens is 158 g/mol. The molecule has 0 radical (unpaired) electrons. The van der Waals surface area contributed by atoms with Crippen molar-refractivity contribution < 1.29 is 13.7 Å². The van der Waals surface area contributed by atoms with E-state index in [1.165, 1.54) is 0 Å². The van der Waals surface area contributed by atoms with Crippen molar-refractivity contribution in [1.29, 1.82) is 0 Å². The molecule has 13 heavy (non-hydrogen) atoms. The van der Waals surface area contributed by atoms with E-state index >= 15 is 0 Å². The number of nitrogens with zero attached hydrogens (tertiary/aromatic N) is 1. The van der Waals surface area contributed by atoms with Gasteiger partial charge < -0.3 is 4.90 Å². The van der Waals surface area contributed by atoms with Gasteiger partial charge in [-0.15, -0.1) is 0 Å². The lowest BCUT2D eigenvalue weighted by molar-refractivity contribution is 0.590. The molecule has 0 aliphatic carbocycles. The number of benzene rings is 1. The first-order chi connectivity index (χ1) is 10.0. The summed E-state index contributed by atoms with van der Waals surface area (Å²) in [6, 6.07) is -2.23. The lowest BCUT2D eigenvalue weighted by Gasteiger charge is -2.21. The Morgan fingerprint density at radius 2 is 2.00 bits per heavy atom. The monoisotopic (exact) mass is 187 g/mol. The van der Waals surface area contributed by atoms with Gasteiger partial charge in [0.05, 0.1) is 5.48 Å². The first-order valence-corrected chi connectivity index (χ1v) is 3.92. The first kappa shape index (κ1) is 3.01. The molecule has 0 unspecified atom stereocenters. The smallest absolute Gasteiger partial charge is 0.0648 e. The van der Waals surface area contributed by atoms with Gasteiger partial charge in [-0.05, 0) is 23.1 Å². The van der Waals surface area contributed by atoms with E-state index in [2.05, 4.69) is 0 Å². The van der Waals surface area contributed by atoms with E-state index in [-0.39, 0.29) is 16.5 Å². The van der Waals surface area contributed by atoms with Crippen molar-refractivity contribution in [2.75, 3.05) is 18.9 Å². The van der Waals surface area contributed by atoms with Gasteiger partial charge in [-0.1, -0.05) is 32.9 Å². The van der Waals surface area contributed by atoms with Crippen LogP contribution in [0.15, 0.2) is 24.2 Å². The van der Waals surface area contributed by atoms with Crippen molar-refractivity contribution >= 4 is 5.69 Å². The third-order valence-electron chi connectivity index (χ3n) is 1.59. The Morgan fingerprint density at radius 3 is 2.54 bits per heavy atom. The van der Waals surface area contributed by atoms with Gasteiger partial charge in [-0.3, -0.25) is 0 Å². The van der Waals surface area contributed by atoms with Crippen molar-refractivity contribution in [2.24, 2.45) is 0 Å². The average Bonchev–Trinajstić information content (AvgIpc) is 2.27. The molecule has 1 nitrogen and oxygen atoms in total. The summed E-state index contributed by atoms with van der Waals surface area (Å²) in [5.41, 5.74) is -1.43. The standard InChI is InChI=1S/C12H19N/c1-12(2,3)10-7-6-8-11(9-10)13(4)5/h6-9H,1-5H3/i4D3,5D3,6D,7D,8D,9D. The van der Waals surface area contributed by atoms with Crippen LogP contribution in [0, 0.1) is 0 Å². The van der Waals surface area contributed by atoms with Gasteiger partial charge in [-0.2, -0.15) is 0 Å². The SMILES string of the molecule is [2H]c1c([2H])c(N(C([2H])([2H])[2H])C([2H])([2H])[2H])c([2H])c(C(C)(C)C)c1[2H]. The Morgan fingerprint density at radius 1 is 1.31 bits per heavy atom. The van der Waals surface area contributed by atoms with Gasteiger partial charge in [0.2, 0.25) is 0 Å². The van der Waals surface area contributed by atoms with E-state index in [1.807, 2.05) is 0 Å². The summed E-state index contributed by atoms with van der Waals surface area (Å²) in [7, 11) is 0. The van der Waals surface area contributed by atoms with Crippen molar-refractivity contribution in [3.8, 4) is 0 Å². The predicted molar refractivity (Wildman–Crippen MR) is 59.5 cm³/mol. The van der Waals surface area contributed by atoms with Crippen molar-refractivity contribution in [1.82, 2.24) is 0 Å². The van der Waals surface area contributed by atoms with E-state index in [9.17, 15) is 0 Å². The Kier molecular flexibility index (Phi) is 0.789. The molecule has 0 heterocycles. The summed E-state index contributed by atoms with van der Waals surface area (Å²) in [6.45, 7) is -1.25. The van der Waals surface area contributed by atoms with Crippen LogP contribution < -0.4 is 4.90 Å². The van der Waals surface area contributed by atoms with Crippen LogP contribution in [0.1, 0.15) is 40.0 Å². The highest BCUT2D eigenvalue weighted by Crippen LogP contribution is 2.25. The number of rotatable bonds is 1. The number of hydrogen-bond acceptors (Lipinski definition) is 1. The van der Waals surface area contributed by atoms with Crippen LogP contribution >= 0.6 is 0 Å². The van der Waals surface area contributed by atoms with Gasteiger partial charge >= 0.3 is 0 Å². The zero-order chi connectivity index (χ0) is 18.5. The first-order valence-electron chi connectivity index (χ1n) is 8.92. The summed E-state index contributed by atoms with van der Waals surface area (Å²) in [6.07, 6.45) is 0. The highest BCUT2D eigenvalue weighted by atomic mass is 15.1. The number of anilines is 1. The lowest BCUT2D eigenvalue weighted by atomic mass is 9.87. The lowest BCUT2D eigenvalue weighted by Crippen LogP contribution is -2.13. The second-order valence-electron chi connectivity index (χ2n) is 3.81.